The first-order valence-corrected chi connectivity index (χ1v) is 7.41. The van der Waals surface area contributed by atoms with Crippen molar-refractivity contribution in [1.29, 1.82) is 0 Å². The smallest absolute Gasteiger partial charge is 0.0109 e. The Morgan fingerprint density at radius 2 is 1.82 bits per heavy atom. The molecule has 0 rings (SSSR count). The molecule has 0 saturated heterocycles. The first-order valence-electron chi connectivity index (χ1n) is 7.41. The van der Waals surface area contributed by atoms with Crippen molar-refractivity contribution in [2.45, 2.75) is 73.1 Å². The van der Waals surface area contributed by atoms with E-state index in [-0.39, 0.29) is 0 Å². The summed E-state index contributed by atoms with van der Waals surface area (Å²) in [6, 6.07) is 0. The summed E-state index contributed by atoms with van der Waals surface area (Å²) in [6.07, 6.45) is 9.99. The molecule has 0 aliphatic rings. The van der Waals surface area contributed by atoms with Crippen LogP contribution in [0.1, 0.15) is 73.1 Å². The van der Waals surface area contributed by atoms with Gasteiger partial charge in [0.15, 0.2) is 0 Å². The maximum atomic E-state index is 5.56. The van der Waals surface area contributed by atoms with Crippen LogP contribution in [-0.2, 0) is 0 Å². The van der Waals surface area contributed by atoms with Gasteiger partial charge >= 0.3 is 0 Å². The molecule has 17 heavy (non-hydrogen) atoms. The Hall–Kier alpha value is -0.300. The van der Waals surface area contributed by atoms with Gasteiger partial charge in [-0.2, -0.15) is 0 Å². The van der Waals surface area contributed by atoms with Crippen LogP contribution in [0.5, 0.6) is 0 Å². The maximum Gasteiger partial charge on any atom is 0.0109 e. The van der Waals surface area contributed by atoms with Gasteiger partial charge in [-0.05, 0) is 31.1 Å². The van der Waals surface area contributed by atoms with Crippen molar-refractivity contribution >= 4 is 0 Å². The summed E-state index contributed by atoms with van der Waals surface area (Å²) in [5, 5.41) is 0. The average molecular weight is 239 g/mol. The highest BCUT2D eigenvalue weighted by molar-refractivity contribution is 5.00. The molecule has 0 aliphatic carbocycles. The van der Waals surface area contributed by atoms with Gasteiger partial charge < -0.3 is 5.73 Å². The van der Waals surface area contributed by atoms with Crippen LogP contribution in [0, 0.1) is 11.3 Å². The van der Waals surface area contributed by atoms with Gasteiger partial charge in [-0.15, -0.1) is 0 Å². The summed E-state index contributed by atoms with van der Waals surface area (Å²) >= 11 is 0. The van der Waals surface area contributed by atoms with Crippen LogP contribution < -0.4 is 5.73 Å². The summed E-state index contributed by atoms with van der Waals surface area (Å²) in [7, 11) is 0. The molecule has 0 heterocycles. The van der Waals surface area contributed by atoms with Crippen LogP contribution in [0.2, 0.25) is 0 Å². The van der Waals surface area contributed by atoms with Crippen molar-refractivity contribution in [2.75, 3.05) is 6.54 Å². The molecule has 0 saturated carbocycles. The Labute approximate surface area is 109 Å². The zero-order valence-electron chi connectivity index (χ0n) is 12.7. The standard InChI is InChI=1S/C16H33N/c1-6-9-15(5)16(7-2,8-3)12-10-14(4)11-13-17/h11,15H,6-10,12-13,17H2,1-5H3/b14-11-. The molecule has 0 fully saturated rings. The van der Waals surface area contributed by atoms with Crippen molar-refractivity contribution in [1.82, 2.24) is 0 Å². The zero-order chi connectivity index (χ0) is 13.3. The van der Waals surface area contributed by atoms with E-state index < -0.39 is 0 Å². The maximum absolute atomic E-state index is 5.56. The second-order valence-electron chi connectivity index (χ2n) is 5.55. The lowest BCUT2D eigenvalue weighted by atomic mass is 9.67. The molecule has 0 aromatic heterocycles. The second kappa shape index (κ2) is 8.74. The van der Waals surface area contributed by atoms with E-state index in [1.54, 1.807) is 0 Å². The van der Waals surface area contributed by atoms with Gasteiger partial charge in [0.25, 0.3) is 0 Å². The fourth-order valence-corrected chi connectivity index (χ4v) is 3.04. The summed E-state index contributed by atoms with van der Waals surface area (Å²) in [5.41, 5.74) is 7.57. The van der Waals surface area contributed by atoms with E-state index in [9.17, 15) is 0 Å². The molecule has 1 atom stereocenters. The Morgan fingerprint density at radius 1 is 1.24 bits per heavy atom. The highest BCUT2D eigenvalue weighted by atomic mass is 14.5. The molecule has 0 aliphatic heterocycles. The Morgan fingerprint density at radius 3 is 2.24 bits per heavy atom. The number of rotatable bonds is 9. The lowest BCUT2D eigenvalue weighted by Crippen LogP contribution is -2.27. The molecule has 1 heteroatoms. The highest BCUT2D eigenvalue weighted by Gasteiger charge is 2.31. The van der Waals surface area contributed by atoms with Gasteiger partial charge in [-0.25, -0.2) is 0 Å². The predicted octanol–water partition coefficient (Wildman–Crippen LogP) is 4.91. The Bertz CT molecular complexity index is 214. The van der Waals surface area contributed by atoms with Crippen molar-refractivity contribution in [3.8, 4) is 0 Å². The number of hydrogen-bond donors (Lipinski definition) is 1. The second-order valence-corrected chi connectivity index (χ2v) is 5.55. The summed E-state index contributed by atoms with van der Waals surface area (Å²) < 4.78 is 0. The van der Waals surface area contributed by atoms with E-state index in [0.29, 0.717) is 12.0 Å². The first-order chi connectivity index (χ1) is 8.06. The monoisotopic (exact) mass is 239 g/mol. The lowest BCUT2D eigenvalue weighted by Gasteiger charge is -2.38. The summed E-state index contributed by atoms with van der Waals surface area (Å²) in [5.74, 6) is 0.841. The molecule has 0 bridgehead atoms. The van der Waals surface area contributed by atoms with Crippen LogP contribution in [0.4, 0.5) is 0 Å². The Balaban J connectivity index is 4.55. The van der Waals surface area contributed by atoms with Crippen LogP contribution in [-0.4, -0.2) is 6.54 Å². The molecule has 1 unspecified atom stereocenters. The molecular formula is C16H33N. The Kier molecular flexibility index (Phi) is 8.59. The van der Waals surface area contributed by atoms with Crippen LogP contribution in [0.25, 0.3) is 0 Å². The van der Waals surface area contributed by atoms with Gasteiger partial charge in [0.05, 0.1) is 0 Å². The molecule has 0 spiro atoms. The normalized spacial score (nSPS) is 15.1. The van der Waals surface area contributed by atoms with Crippen molar-refractivity contribution in [3.05, 3.63) is 11.6 Å². The van der Waals surface area contributed by atoms with E-state index >= 15 is 0 Å². The zero-order valence-corrected chi connectivity index (χ0v) is 12.7. The molecule has 0 aromatic rings. The predicted molar refractivity (Wildman–Crippen MR) is 79.1 cm³/mol. The third kappa shape index (κ3) is 5.25. The molecule has 102 valence electrons. The largest absolute Gasteiger partial charge is 0.327 e. The molecule has 1 nitrogen and oxygen atoms in total. The fraction of sp³-hybridized carbons (Fsp3) is 0.875. The third-order valence-electron chi connectivity index (χ3n) is 4.66. The van der Waals surface area contributed by atoms with Crippen molar-refractivity contribution < 1.29 is 0 Å². The number of nitrogens with two attached hydrogens (primary N) is 1. The van der Waals surface area contributed by atoms with Gasteiger partial charge in [-0.3, -0.25) is 0 Å². The first kappa shape index (κ1) is 16.7. The van der Waals surface area contributed by atoms with Crippen LogP contribution in [0.3, 0.4) is 0 Å². The van der Waals surface area contributed by atoms with Crippen LogP contribution in [0.15, 0.2) is 11.6 Å². The van der Waals surface area contributed by atoms with E-state index in [1.807, 2.05) is 0 Å². The number of allylic oxidation sites excluding steroid dienone is 1. The minimum Gasteiger partial charge on any atom is -0.327 e. The highest BCUT2D eigenvalue weighted by Crippen LogP contribution is 2.42. The molecule has 0 amide bonds. The van der Waals surface area contributed by atoms with E-state index in [4.69, 9.17) is 5.73 Å². The lowest BCUT2D eigenvalue weighted by molar-refractivity contribution is 0.132. The minimum absolute atomic E-state index is 0.541. The third-order valence-corrected chi connectivity index (χ3v) is 4.66. The molecule has 2 N–H and O–H groups in total. The van der Waals surface area contributed by atoms with Gasteiger partial charge in [-0.1, -0.05) is 65.0 Å². The van der Waals surface area contributed by atoms with E-state index in [2.05, 4.69) is 40.7 Å². The average Bonchev–Trinajstić information content (AvgIpc) is 2.32. The van der Waals surface area contributed by atoms with Gasteiger partial charge in [0.1, 0.15) is 0 Å². The summed E-state index contributed by atoms with van der Waals surface area (Å²) in [6.45, 7) is 12.4. The molecular weight excluding hydrogens is 206 g/mol. The van der Waals surface area contributed by atoms with Crippen molar-refractivity contribution in [3.63, 3.8) is 0 Å². The van der Waals surface area contributed by atoms with Gasteiger partial charge in [0.2, 0.25) is 0 Å². The quantitative estimate of drug-likeness (QED) is 0.568. The number of hydrogen-bond acceptors (Lipinski definition) is 1. The summed E-state index contributed by atoms with van der Waals surface area (Å²) in [4.78, 5) is 0. The molecule has 0 radical (unpaired) electrons. The van der Waals surface area contributed by atoms with E-state index in [0.717, 1.165) is 5.92 Å². The van der Waals surface area contributed by atoms with E-state index in [1.165, 1.54) is 44.1 Å². The van der Waals surface area contributed by atoms with Gasteiger partial charge in [0, 0.05) is 6.54 Å². The topological polar surface area (TPSA) is 26.0 Å². The van der Waals surface area contributed by atoms with Crippen molar-refractivity contribution in [2.24, 2.45) is 17.1 Å². The SMILES string of the molecule is CCCC(C)C(CC)(CC)CC/C(C)=C\CN. The molecule has 0 aromatic carbocycles. The fourth-order valence-electron chi connectivity index (χ4n) is 3.04. The van der Waals surface area contributed by atoms with Crippen LogP contribution >= 0.6 is 0 Å². The minimum atomic E-state index is 0.541.